The van der Waals surface area contributed by atoms with Crippen LogP contribution in [0.2, 0.25) is 5.02 Å². The van der Waals surface area contributed by atoms with Crippen LogP contribution in [-0.4, -0.2) is 12.9 Å². The van der Waals surface area contributed by atoms with Crippen molar-refractivity contribution in [3.8, 4) is 5.75 Å². The number of carbonyl (C=O) groups excluding carboxylic acids is 1. The van der Waals surface area contributed by atoms with Gasteiger partial charge in [0.15, 0.2) is 5.78 Å². The normalized spacial score (nSPS) is 10.3. The van der Waals surface area contributed by atoms with Gasteiger partial charge in [0.1, 0.15) is 5.75 Å². The highest BCUT2D eigenvalue weighted by Crippen LogP contribution is 2.28. The first-order chi connectivity index (χ1) is 9.02. The molecule has 0 heterocycles. The van der Waals surface area contributed by atoms with Gasteiger partial charge in [-0.1, -0.05) is 39.2 Å². The Kier molecular flexibility index (Phi) is 4.27. The van der Waals surface area contributed by atoms with Crippen LogP contribution in [0.5, 0.6) is 5.75 Å². The van der Waals surface area contributed by atoms with Crippen LogP contribution in [0.3, 0.4) is 0 Å². The minimum absolute atomic E-state index is 0.0643. The van der Waals surface area contributed by atoms with E-state index in [9.17, 15) is 4.79 Å². The number of aryl methyl sites for hydroxylation is 1. The third kappa shape index (κ3) is 2.99. The lowest BCUT2D eigenvalue weighted by atomic mass is 10.0. The van der Waals surface area contributed by atoms with Crippen LogP contribution >= 0.6 is 27.5 Å². The summed E-state index contributed by atoms with van der Waals surface area (Å²) in [5.41, 5.74) is 2.21. The van der Waals surface area contributed by atoms with E-state index >= 15 is 0 Å². The SMILES string of the molecule is COc1cc(C(=O)c2cc(C)ccc2Br)ccc1Cl. The molecule has 19 heavy (non-hydrogen) atoms. The molecule has 2 aromatic carbocycles. The first-order valence-electron chi connectivity index (χ1n) is 5.67. The monoisotopic (exact) mass is 338 g/mol. The van der Waals surface area contributed by atoms with Gasteiger partial charge in [-0.15, -0.1) is 0 Å². The second-order valence-electron chi connectivity index (χ2n) is 4.16. The van der Waals surface area contributed by atoms with Crippen molar-refractivity contribution in [2.75, 3.05) is 7.11 Å². The van der Waals surface area contributed by atoms with E-state index in [0.29, 0.717) is 21.9 Å². The number of ether oxygens (including phenoxy) is 1. The summed E-state index contributed by atoms with van der Waals surface area (Å²) in [5.74, 6) is 0.432. The zero-order valence-corrected chi connectivity index (χ0v) is 12.9. The smallest absolute Gasteiger partial charge is 0.194 e. The Labute approximate surface area is 125 Å². The second kappa shape index (κ2) is 5.76. The minimum Gasteiger partial charge on any atom is -0.495 e. The maximum absolute atomic E-state index is 12.5. The lowest BCUT2D eigenvalue weighted by molar-refractivity contribution is 0.103. The Morgan fingerprint density at radius 3 is 2.63 bits per heavy atom. The van der Waals surface area contributed by atoms with E-state index in [2.05, 4.69) is 15.9 Å². The molecule has 2 nitrogen and oxygen atoms in total. The molecule has 0 amide bonds. The summed E-state index contributed by atoms with van der Waals surface area (Å²) in [6, 6.07) is 10.7. The quantitative estimate of drug-likeness (QED) is 0.761. The lowest BCUT2D eigenvalue weighted by Crippen LogP contribution is -2.03. The summed E-state index contributed by atoms with van der Waals surface area (Å²) in [7, 11) is 1.53. The van der Waals surface area contributed by atoms with Gasteiger partial charge < -0.3 is 4.74 Å². The number of hydrogen-bond acceptors (Lipinski definition) is 2. The molecule has 0 aliphatic carbocycles. The molecule has 0 atom stereocenters. The largest absolute Gasteiger partial charge is 0.495 e. The number of halogens is 2. The number of methoxy groups -OCH3 is 1. The molecule has 0 N–H and O–H groups in total. The lowest BCUT2D eigenvalue weighted by Gasteiger charge is -2.08. The topological polar surface area (TPSA) is 26.3 Å². The van der Waals surface area contributed by atoms with Crippen molar-refractivity contribution in [2.24, 2.45) is 0 Å². The Morgan fingerprint density at radius 2 is 1.95 bits per heavy atom. The predicted molar refractivity (Wildman–Crippen MR) is 80.3 cm³/mol. The van der Waals surface area contributed by atoms with Gasteiger partial charge in [-0.25, -0.2) is 0 Å². The van der Waals surface area contributed by atoms with E-state index < -0.39 is 0 Å². The summed E-state index contributed by atoms with van der Waals surface area (Å²) in [5, 5.41) is 0.488. The average Bonchev–Trinajstić information content (AvgIpc) is 2.41. The molecule has 0 spiro atoms. The third-order valence-electron chi connectivity index (χ3n) is 2.78. The van der Waals surface area contributed by atoms with Crippen molar-refractivity contribution in [1.82, 2.24) is 0 Å². The van der Waals surface area contributed by atoms with Gasteiger partial charge >= 0.3 is 0 Å². The predicted octanol–water partition coefficient (Wildman–Crippen LogP) is 4.65. The standard InChI is InChI=1S/C15H12BrClO2/c1-9-3-5-12(16)11(7-9)15(18)10-4-6-13(17)14(8-10)19-2/h3-8H,1-2H3. The molecular weight excluding hydrogens is 328 g/mol. The van der Waals surface area contributed by atoms with Crippen LogP contribution in [0.1, 0.15) is 21.5 Å². The molecule has 0 aliphatic heterocycles. The van der Waals surface area contributed by atoms with E-state index in [1.165, 1.54) is 7.11 Å². The molecule has 2 rings (SSSR count). The van der Waals surface area contributed by atoms with Crippen molar-refractivity contribution >= 4 is 33.3 Å². The van der Waals surface area contributed by atoms with Crippen LogP contribution in [0.4, 0.5) is 0 Å². The van der Waals surface area contributed by atoms with E-state index in [0.717, 1.165) is 10.0 Å². The highest BCUT2D eigenvalue weighted by atomic mass is 79.9. The van der Waals surface area contributed by atoms with Crippen LogP contribution < -0.4 is 4.74 Å². The Bertz CT molecular complexity index is 638. The summed E-state index contributed by atoms with van der Waals surface area (Å²) >= 11 is 9.36. The number of hydrogen-bond donors (Lipinski definition) is 0. The first kappa shape index (κ1) is 14.1. The van der Waals surface area contributed by atoms with Crippen LogP contribution in [-0.2, 0) is 0 Å². The molecule has 0 unspecified atom stereocenters. The summed E-state index contributed by atoms with van der Waals surface area (Å²) in [6.07, 6.45) is 0. The van der Waals surface area contributed by atoms with Gasteiger partial charge in [-0.2, -0.15) is 0 Å². The van der Waals surface area contributed by atoms with E-state index in [-0.39, 0.29) is 5.78 Å². The Morgan fingerprint density at radius 1 is 1.21 bits per heavy atom. The maximum atomic E-state index is 12.5. The van der Waals surface area contributed by atoms with E-state index in [4.69, 9.17) is 16.3 Å². The molecule has 98 valence electrons. The molecule has 0 saturated carbocycles. The Hall–Kier alpha value is -1.32. The highest BCUT2D eigenvalue weighted by Gasteiger charge is 2.14. The number of carbonyl (C=O) groups is 1. The van der Waals surface area contributed by atoms with Crippen molar-refractivity contribution < 1.29 is 9.53 Å². The first-order valence-corrected chi connectivity index (χ1v) is 6.84. The summed E-state index contributed by atoms with van der Waals surface area (Å²) < 4.78 is 5.90. The molecule has 0 bridgehead atoms. The fourth-order valence-corrected chi connectivity index (χ4v) is 2.39. The highest BCUT2D eigenvalue weighted by molar-refractivity contribution is 9.10. The van der Waals surface area contributed by atoms with Gasteiger partial charge in [0, 0.05) is 15.6 Å². The number of rotatable bonds is 3. The Balaban J connectivity index is 2.47. The van der Waals surface area contributed by atoms with Crippen molar-refractivity contribution in [1.29, 1.82) is 0 Å². The van der Waals surface area contributed by atoms with Gasteiger partial charge in [0.25, 0.3) is 0 Å². The fourth-order valence-electron chi connectivity index (χ4n) is 1.77. The summed E-state index contributed by atoms with van der Waals surface area (Å²) in [6.45, 7) is 1.95. The molecule has 0 radical (unpaired) electrons. The van der Waals surface area contributed by atoms with Gasteiger partial charge in [-0.05, 0) is 37.3 Å². The molecule has 2 aromatic rings. The average molecular weight is 340 g/mol. The second-order valence-corrected chi connectivity index (χ2v) is 5.42. The minimum atomic E-state index is -0.0643. The van der Waals surface area contributed by atoms with Crippen molar-refractivity contribution in [3.05, 3.63) is 62.6 Å². The molecule has 0 aliphatic rings. The van der Waals surface area contributed by atoms with Crippen LogP contribution in [0, 0.1) is 6.92 Å². The molecule has 4 heteroatoms. The zero-order chi connectivity index (χ0) is 14.0. The fraction of sp³-hybridized carbons (Fsp3) is 0.133. The summed E-state index contributed by atoms with van der Waals surface area (Å²) in [4.78, 5) is 12.5. The van der Waals surface area contributed by atoms with Gasteiger partial charge in [0.2, 0.25) is 0 Å². The number of ketones is 1. The van der Waals surface area contributed by atoms with Crippen molar-refractivity contribution in [3.63, 3.8) is 0 Å². The maximum Gasteiger partial charge on any atom is 0.194 e. The molecule has 0 fully saturated rings. The number of benzene rings is 2. The molecule has 0 aromatic heterocycles. The van der Waals surface area contributed by atoms with Gasteiger partial charge in [0.05, 0.1) is 12.1 Å². The van der Waals surface area contributed by atoms with Crippen molar-refractivity contribution in [2.45, 2.75) is 6.92 Å². The van der Waals surface area contributed by atoms with E-state index in [1.54, 1.807) is 18.2 Å². The van der Waals surface area contributed by atoms with Crippen LogP contribution in [0.15, 0.2) is 40.9 Å². The zero-order valence-electron chi connectivity index (χ0n) is 10.5. The van der Waals surface area contributed by atoms with E-state index in [1.807, 2.05) is 25.1 Å². The van der Waals surface area contributed by atoms with Gasteiger partial charge in [-0.3, -0.25) is 4.79 Å². The third-order valence-corrected chi connectivity index (χ3v) is 3.78. The molecular formula is C15H12BrClO2. The molecule has 0 saturated heterocycles. The van der Waals surface area contributed by atoms with Crippen LogP contribution in [0.25, 0.3) is 0 Å².